The Morgan fingerprint density at radius 1 is 1.47 bits per heavy atom. The number of amides is 2. The van der Waals surface area contributed by atoms with Gasteiger partial charge in [0.2, 0.25) is 17.8 Å². The van der Waals surface area contributed by atoms with Gasteiger partial charge in [-0.3, -0.25) is 14.9 Å². The molecule has 2 rings (SSSR count). The summed E-state index contributed by atoms with van der Waals surface area (Å²) in [6.45, 7) is 0. The van der Waals surface area contributed by atoms with Crippen molar-refractivity contribution in [2.45, 2.75) is 18.9 Å². The number of piperidine rings is 1. The fourth-order valence-corrected chi connectivity index (χ4v) is 1.71. The first-order valence-corrected chi connectivity index (χ1v) is 5.32. The minimum absolute atomic E-state index is 0.0206. The fourth-order valence-electron chi connectivity index (χ4n) is 1.52. The Hall–Kier alpha value is -1.89. The monoisotopic (exact) mass is 255 g/mol. The topological polar surface area (TPSA) is 110 Å². The third-order valence-corrected chi connectivity index (χ3v) is 2.47. The summed E-state index contributed by atoms with van der Waals surface area (Å²) in [5.74, 6) is -0.271. The lowest BCUT2D eigenvalue weighted by atomic mass is 10.1. The Labute approximate surface area is 102 Å². The highest BCUT2D eigenvalue weighted by atomic mass is 35.5. The van der Waals surface area contributed by atoms with E-state index in [9.17, 15) is 9.59 Å². The zero-order valence-corrected chi connectivity index (χ0v) is 9.49. The molecule has 1 fully saturated rings. The van der Waals surface area contributed by atoms with Crippen LogP contribution in [0.15, 0.2) is 6.07 Å². The lowest BCUT2D eigenvalue weighted by Gasteiger charge is -2.22. The number of carbonyl (C=O) groups is 2. The summed E-state index contributed by atoms with van der Waals surface area (Å²) >= 11 is 5.70. The third-order valence-electron chi connectivity index (χ3n) is 2.27. The molecule has 0 radical (unpaired) electrons. The smallest absolute Gasteiger partial charge is 0.249 e. The van der Waals surface area contributed by atoms with Crippen molar-refractivity contribution < 1.29 is 9.59 Å². The average Bonchev–Trinajstić information content (AvgIpc) is 2.21. The van der Waals surface area contributed by atoms with E-state index in [1.54, 1.807) is 0 Å². The minimum Gasteiger partial charge on any atom is -0.368 e. The summed E-state index contributed by atoms with van der Waals surface area (Å²) < 4.78 is 0. The van der Waals surface area contributed by atoms with E-state index in [4.69, 9.17) is 17.3 Å². The predicted octanol–water partition coefficient (Wildman–Crippen LogP) is -0.0707. The first-order valence-electron chi connectivity index (χ1n) is 4.95. The van der Waals surface area contributed by atoms with Crippen LogP contribution in [0.25, 0.3) is 0 Å². The molecule has 1 aromatic rings. The number of anilines is 2. The number of halogens is 1. The van der Waals surface area contributed by atoms with Gasteiger partial charge in [0.1, 0.15) is 17.0 Å². The van der Waals surface area contributed by atoms with Crippen LogP contribution in [-0.4, -0.2) is 27.8 Å². The largest absolute Gasteiger partial charge is 0.368 e. The highest BCUT2D eigenvalue weighted by Crippen LogP contribution is 2.16. The molecule has 1 atom stereocenters. The number of hydrogen-bond acceptors (Lipinski definition) is 6. The molecule has 1 saturated heterocycles. The van der Waals surface area contributed by atoms with Crippen molar-refractivity contribution in [1.82, 2.24) is 15.3 Å². The Morgan fingerprint density at radius 3 is 2.88 bits per heavy atom. The number of imide groups is 1. The minimum atomic E-state index is -0.516. The Morgan fingerprint density at radius 2 is 2.24 bits per heavy atom. The molecule has 2 amide bonds. The van der Waals surface area contributed by atoms with E-state index in [1.807, 2.05) is 0 Å². The van der Waals surface area contributed by atoms with Crippen molar-refractivity contribution in [2.24, 2.45) is 0 Å². The summed E-state index contributed by atoms with van der Waals surface area (Å²) in [7, 11) is 0. The lowest BCUT2D eigenvalue weighted by Crippen LogP contribution is -2.47. The molecule has 8 heteroatoms. The second-order valence-electron chi connectivity index (χ2n) is 3.58. The molecule has 2 heterocycles. The van der Waals surface area contributed by atoms with Crippen LogP contribution in [0.3, 0.4) is 0 Å². The van der Waals surface area contributed by atoms with Crippen LogP contribution in [0.5, 0.6) is 0 Å². The molecular formula is C9H10ClN5O2. The van der Waals surface area contributed by atoms with Crippen LogP contribution in [0.1, 0.15) is 12.8 Å². The van der Waals surface area contributed by atoms with Crippen molar-refractivity contribution >= 4 is 35.2 Å². The molecule has 1 aliphatic heterocycles. The van der Waals surface area contributed by atoms with E-state index >= 15 is 0 Å². The number of nitrogen functional groups attached to an aromatic ring is 1. The summed E-state index contributed by atoms with van der Waals surface area (Å²) in [6, 6.07) is 0.944. The zero-order chi connectivity index (χ0) is 12.4. The SMILES string of the molecule is Nc1nc(Cl)cc(NC2CCC(=O)NC2=O)n1. The standard InChI is InChI=1S/C9H10ClN5O2/c10-5-3-6(14-9(11)13-5)12-4-1-2-7(16)15-8(4)17/h3-4H,1-2H2,(H,15,16,17)(H3,11,12,13,14). The van der Waals surface area contributed by atoms with Crippen LogP contribution in [0, 0.1) is 0 Å². The number of nitrogens with two attached hydrogens (primary N) is 1. The maximum Gasteiger partial charge on any atom is 0.249 e. The van der Waals surface area contributed by atoms with E-state index in [0.717, 1.165) is 0 Å². The summed E-state index contributed by atoms with van der Waals surface area (Å²) in [5.41, 5.74) is 5.42. The number of rotatable bonds is 2. The molecule has 0 bridgehead atoms. The molecule has 0 saturated carbocycles. The summed E-state index contributed by atoms with van der Waals surface area (Å²) in [4.78, 5) is 30.0. The molecule has 1 unspecified atom stereocenters. The van der Waals surface area contributed by atoms with Crippen LogP contribution >= 0.6 is 11.6 Å². The third kappa shape index (κ3) is 2.82. The summed E-state index contributed by atoms with van der Waals surface area (Å²) in [5, 5.41) is 5.27. The van der Waals surface area contributed by atoms with Gasteiger partial charge in [-0.1, -0.05) is 11.6 Å². The molecule has 7 nitrogen and oxygen atoms in total. The zero-order valence-electron chi connectivity index (χ0n) is 8.74. The first-order chi connectivity index (χ1) is 8.04. The molecule has 4 N–H and O–H groups in total. The van der Waals surface area contributed by atoms with Gasteiger partial charge in [0.05, 0.1) is 0 Å². The second kappa shape index (κ2) is 4.54. The van der Waals surface area contributed by atoms with E-state index < -0.39 is 6.04 Å². The average molecular weight is 256 g/mol. The van der Waals surface area contributed by atoms with Gasteiger partial charge in [0.15, 0.2) is 0 Å². The van der Waals surface area contributed by atoms with E-state index in [1.165, 1.54) is 6.07 Å². The normalized spacial score (nSPS) is 19.9. The van der Waals surface area contributed by atoms with Crippen LogP contribution < -0.4 is 16.4 Å². The van der Waals surface area contributed by atoms with Crippen molar-refractivity contribution in [1.29, 1.82) is 0 Å². The first kappa shape index (κ1) is 11.6. The molecule has 0 aromatic carbocycles. The molecule has 1 aliphatic rings. The lowest BCUT2D eigenvalue weighted by molar-refractivity contribution is -0.133. The highest BCUT2D eigenvalue weighted by molar-refractivity contribution is 6.29. The van der Waals surface area contributed by atoms with Gasteiger partial charge in [0, 0.05) is 12.5 Å². The van der Waals surface area contributed by atoms with Gasteiger partial charge in [-0.05, 0) is 6.42 Å². The molecule has 0 aliphatic carbocycles. The van der Waals surface area contributed by atoms with Crippen molar-refractivity contribution in [3.05, 3.63) is 11.2 Å². The fraction of sp³-hybridized carbons (Fsp3) is 0.333. The number of carbonyl (C=O) groups excluding carboxylic acids is 2. The maximum absolute atomic E-state index is 11.5. The van der Waals surface area contributed by atoms with Crippen LogP contribution in [-0.2, 0) is 9.59 Å². The second-order valence-corrected chi connectivity index (χ2v) is 3.97. The number of nitrogens with one attached hydrogen (secondary N) is 2. The number of hydrogen-bond donors (Lipinski definition) is 3. The molecule has 17 heavy (non-hydrogen) atoms. The van der Waals surface area contributed by atoms with E-state index in [-0.39, 0.29) is 29.3 Å². The van der Waals surface area contributed by atoms with Crippen LogP contribution in [0.4, 0.5) is 11.8 Å². The van der Waals surface area contributed by atoms with Gasteiger partial charge >= 0.3 is 0 Å². The molecule has 90 valence electrons. The van der Waals surface area contributed by atoms with Crippen molar-refractivity contribution in [3.63, 3.8) is 0 Å². The molecular weight excluding hydrogens is 246 g/mol. The van der Waals surface area contributed by atoms with Crippen molar-refractivity contribution in [3.8, 4) is 0 Å². The predicted molar refractivity (Wildman–Crippen MR) is 61.2 cm³/mol. The van der Waals surface area contributed by atoms with Gasteiger partial charge in [0.25, 0.3) is 0 Å². The number of nitrogens with zero attached hydrogens (tertiary/aromatic N) is 2. The van der Waals surface area contributed by atoms with Gasteiger partial charge in [-0.15, -0.1) is 0 Å². The summed E-state index contributed by atoms with van der Waals surface area (Å²) in [6.07, 6.45) is 0.698. The van der Waals surface area contributed by atoms with Crippen molar-refractivity contribution in [2.75, 3.05) is 11.1 Å². The van der Waals surface area contributed by atoms with Gasteiger partial charge < -0.3 is 11.1 Å². The Balaban J connectivity index is 2.10. The maximum atomic E-state index is 11.5. The van der Waals surface area contributed by atoms with E-state index in [2.05, 4.69) is 20.6 Å². The molecule has 0 spiro atoms. The Bertz CT molecular complexity index is 458. The molecule has 1 aromatic heterocycles. The quantitative estimate of drug-likeness (QED) is 0.504. The van der Waals surface area contributed by atoms with Gasteiger partial charge in [-0.2, -0.15) is 4.98 Å². The van der Waals surface area contributed by atoms with E-state index in [0.29, 0.717) is 12.2 Å². The van der Waals surface area contributed by atoms with Crippen LogP contribution in [0.2, 0.25) is 5.15 Å². The Kier molecular flexibility index (Phi) is 3.10. The van der Waals surface area contributed by atoms with Gasteiger partial charge in [-0.25, -0.2) is 4.98 Å². The highest BCUT2D eigenvalue weighted by Gasteiger charge is 2.26. The number of aromatic nitrogens is 2.